The number of amides is 2. The SMILES string of the molecule is COC(=O)c1c(NC(=O)CN2CCN(C(C)=O)CC2)sc(C)c1C. The predicted octanol–water partition coefficient (Wildman–Crippen LogP) is 1.25. The van der Waals surface area contributed by atoms with Gasteiger partial charge in [0, 0.05) is 38.0 Å². The molecular weight excluding hydrogens is 330 g/mol. The molecule has 1 N–H and O–H groups in total. The first-order valence-corrected chi connectivity index (χ1v) is 8.61. The molecule has 1 aliphatic rings. The zero-order chi connectivity index (χ0) is 17.9. The van der Waals surface area contributed by atoms with E-state index in [1.807, 2.05) is 18.7 Å². The van der Waals surface area contributed by atoms with Gasteiger partial charge >= 0.3 is 5.97 Å². The number of anilines is 1. The average molecular weight is 353 g/mol. The van der Waals surface area contributed by atoms with E-state index in [9.17, 15) is 14.4 Å². The number of rotatable bonds is 4. The molecule has 1 saturated heterocycles. The van der Waals surface area contributed by atoms with E-state index >= 15 is 0 Å². The van der Waals surface area contributed by atoms with Crippen LogP contribution in [0, 0.1) is 13.8 Å². The Hall–Kier alpha value is -1.93. The van der Waals surface area contributed by atoms with E-state index in [1.54, 1.807) is 11.8 Å². The Morgan fingerprint density at radius 3 is 2.33 bits per heavy atom. The summed E-state index contributed by atoms with van der Waals surface area (Å²) in [4.78, 5) is 40.3. The topological polar surface area (TPSA) is 79.0 Å². The molecule has 7 nitrogen and oxygen atoms in total. The van der Waals surface area contributed by atoms with E-state index in [2.05, 4.69) is 5.32 Å². The van der Waals surface area contributed by atoms with Crippen LogP contribution in [0.1, 0.15) is 27.7 Å². The second-order valence-electron chi connectivity index (χ2n) is 5.81. The van der Waals surface area contributed by atoms with Gasteiger partial charge in [-0.15, -0.1) is 11.3 Å². The molecule has 2 amide bonds. The van der Waals surface area contributed by atoms with Gasteiger partial charge in [-0.3, -0.25) is 14.5 Å². The molecule has 0 aliphatic carbocycles. The van der Waals surface area contributed by atoms with Crippen molar-refractivity contribution in [2.45, 2.75) is 20.8 Å². The van der Waals surface area contributed by atoms with Crippen LogP contribution in [0.3, 0.4) is 0 Å². The molecule has 0 saturated carbocycles. The van der Waals surface area contributed by atoms with Crippen molar-refractivity contribution in [1.82, 2.24) is 9.80 Å². The highest BCUT2D eigenvalue weighted by Gasteiger charge is 2.24. The molecule has 0 atom stereocenters. The fourth-order valence-corrected chi connectivity index (χ4v) is 3.72. The Labute approximate surface area is 145 Å². The lowest BCUT2D eigenvalue weighted by Crippen LogP contribution is -2.49. The molecule has 0 bridgehead atoms. The Kier molecular flexibility index (Phi) is 5.95. The summed E-state index contributed by atoms with van der Waals surface area (Å²) in [5.41, 5.74) is 1.26. The minimum Gasteiger partial charge on any atom is -0.465 e. The number of nitrogens with one attached hydrogen (secondary N) is 1. The van der Waals surface area contributed by atoms with Gasteiger partial charge in [0.15, 0.2) is 0 Å². The maximum absolute atomic E-state index is 12.3. The minimum absolute atomic E-state index is 0.0614. The van der Waals surface area contributed by atoms with Crippen LogP contribution in [-0.4, -0.2) is 67.4 Å². The lowest BCUT2D eigenvalue weighted by atomic mass is 10.1. The van der Waals surface area contributed by atoms with Crippen molar-refractivity contribution in [2.24, 2.45) is 0 Å². The van der Waals surface area contributed by atoms with Crippen LogP contribution in [0.4, 0.5) is 5.00 Å². The largest absolute Gasteiger partial charge is 0.465 e. The van der Waals surface area contributed by atoms with E-state index in [0.717, 1.165) is 10.4 Å². The third-order valence-corrected chi connectivity index (χ3v) is 5.34. The van der Waals surface area contributed by atoms with Crippen LogP contribution in [0.15, 0.2) is 0 Å². The number of hydrogen-bond acceptors (Lipinski definition) is 6. The summed E-state index contributed by atoms with van der Waals surface area (Å²) in [7, 11) is 1.33. The number of ether oxygens (including phenoxy) is 1. The van der Waals surface area contributed by atoms with E-state index in [0.29, 0.717) is 36.7 Å². The predicted molar refractivity (Wildman–Crippen MR) is 92.5 cm³/mol. The van der Waals surface area contributed by atoms with E-state index in [-0.39, 0.29) is 18.4 Å². The highest BCUT2D eigenvalue weighted by atomic mass is 32.1. The summed E-state index contributed by atoms with van der Waals surface area (Å²) in [5, 5.41) is 3.36. The van der Waals surface area contributed by atoms with Gasteiger partial charge in [-0.05, 0) is 19.4 Å². The maximum Gasteiger partial charge on any atom is 0.341 e. The fourth-order valence-electron chi connectivity index (χ4n) is 2.65. The summed E-state index contributed by atoms with van der Waals surface area (Å²) in [6.07, 6.45) is 0. The summed E-state index contributed by atoms with van der Waals surface area (Å²) in [5.74, 6) is -0.550. The van der Waals surface area contributed by atoms with E-state index in [1.165, 1.54) is 18.4 Å². The van der Waals surface area contributed by atoms with Gasteiger partial charge in [0.1, 0.15) is 5.00 Å². The molecule has 1 aliphatic heterocycles. The summed E-state index contributed by atoms with van der Waals surface area (Å²) >= 11 is 1.38. The van der Waals surface area contributed by atoms with Gasteiger partial charge in [0.25, 0.3) is 0 Å². The van der Waals surface area contributed by atoms with Crippen molar-refractivity contribution >= 4 is 34.1 Å². The second kappa shape index (κ2) is 7.76. The van der Waals surface area contributed by atoms with Gasteiger partial charge in [0.05, 0.1) is 19.2 Å². The van der Waals surface area contributed by atoms with Crippen LogP contribution in [0.5, 0.6) is 0 Å². The molecule has 0 unspecified atom stereocenters. The molecule has 2 rings (SSSR count). The molecule has 2 heterocycles. The molecule has 132 valence electrons. The molecule has 1 fully saturated rings. The maximum atomic E-state index is 12.3. The highest BCUT2D eigenvalue weighted by Crippen LogP contribution is 2.32. The summed E-state index contributed by atoms with van der Waals surface area (Å²) in [6, 6.07) is 0. The number of piperazine rings is 1. The molecule has 8 heteroatoms. The Morgan fingerprint density at radius 1 is 1.17 bits per heavy atom. The van der Waals surface area contributed by atoms with Crippen LogP contribution in [-0.2, 0) is 14.3 Å². The third kappa shape index (κ3) is 4.12. The quantitative estimate of drug-likeness (QED) is 0.825. The molecule has 24 heavy (non-hydrogen) atoms. The Balaban J connectivity index is 1.97. The van der Waals surface area contributed by atoms with Gasteiger partial charge in [-0.1, -0.05) is 0 Å². The van der Waals surface area contributed by atoms with E-state index in [4.69, 9.17) is 4.74 Å². The number of carbonyl (C=O) groups is 3. The van der Waals surface area contributed by atoms with Crippen LogP contribution >= 0.6 is 11.3 Å². The smallest absolute Gasteiger partial charge is 0.341 e. The Bertz CT molecular complexity index is 648. The second-order valence-corrected chi connectivity index (χ2v) is 7.03. The van der Waals surface area contributed by atoms with Crippen molar-refractivity contribution in [2.75, 3.05) is 45.2 Å². The van der Waals surface area contributed by atoms with Crippen LogP contribution in [0.25, 0.3) is 0 Å². The molecule has 0 aromatic carbocycles. The van der Waals surface area contributed by atoms with Crippen molar-refractivity contribution < 1.29 is 19.1 Å². The van der Waals surface area contributed by atoms with Crippen molar-refractivity contribution in [3.05, 3.63) is 16.0 Å². The normalized spacial score (nSPS) is 15.2. The number of aryl methyl sites for hydroxylation is 1. The zero-order valence-electron chi connectivity index (χ0n) is 14.5. The van der Waals surface area contributed by atoms with Gasteiger partial charge < -0.3 is 15.0 Å². The third-order valence-electron chi connectivity index (χ3n) is 4.21. The first-order valence-electron chi connectivity index (χ1n) is 7.79. The molecule has 0 radical (unpaired) electrons. The zero-order valence-corrected chi connectivity index (χ0v) is 15.3. The Morgan fingerprint density at radius 2 is 1.79 bits per heavy atom. The molecule has 1 aromatic rings. The summed E-state index contributed by atoms with van der Waals surface area (Å²) in [6.45, 7) is 8.14. The van der Waals surface area contributed by atoms with Gasteiger partial charge in [-0.2, -0.15) is 0 Å². The van der Waals surface area contributed by atoms with Crippen molar-refractivity contribution in [3.8, 4) is 0 Å². The van der Waals surface area contributed by atoms with E-state index < -0.39 is 5.97 Å². The van der Waals surface area contributed by atoms with Crippen LogP contribution < -0.4 is 5.32 Å². The standard InChI is InChI=1S/C16H23N3O4S/c1-10-11(2)24-15(14(10)16(22)23-4)17-13(21)9-18-5-7-19(8-6-18)12(3)20/h5-9H2,1-4H3,(H,17,21). The van der Waals surface area contributed by atoms with Gasteiger partial charge in [-0.25, -0.2) is 4.79 Å². The lowest BCUT2D eigenvalue weighted by molar-refractivity contribution is -0.130. The number of nitrogens with zero attached hydrogens (tertiary/aromatic N) is 2. The number of methoxy groups -OCH3 is 1. The highest BCUT2D eigenvalue weighted by molar-refractivity contribution is 7.16. The summed E-state index contributed by atoms with van der Waals surface area (Å²) < 4.78 is 4.81. The minimum atomic E-state index is -0.442. The lowest BCUT2D eigenvalue weighted by Gasteiger charge is -2.33. The number of hydrogen-bond donors (Lipinski definition) is 1. The van der Waals surface area contributed by atoms with Crippen molar-refractivity contribution in [3.63, 3.8) is 0 Å². The fraction of sp³-hybridized carbons (Fsp3) is 0.562. The number of thiophene rings is 1. The van der Waals surface area contributed by atoms with Crippen molar-refractivity contribution in [1.29, 1.82) is 0 Å². The molecular formula is C16H23N3O4S. The first-order chi connectivity index (χ1) is 11.3. The average Bonchev–Trinajstić information content (AvgIpc) is 2.81. The van der Waals surface area contributed by atoms with Gasteiger partial charge in [0.2, 0.25) is 11.8 Å². The monoisotopic (exact) mass is 353 g/mol. The first kappa shape index (κ1) is 18.4. The molecule has 0 spiro atoms. The number of carbonyl (C=O) groups excluding carboxylic acids is 3. The molecule has 1 aromatic heterocycles. The number of esters is 1. The van der Waals surface area contributed by atoms with Crippen LogP contribution in [0.2, 0.25) is 0 Å².